The molecule has 0 atom stereocenters. The van der Waals surface area contributed by atoms with Gasteiger partial charge in [0.25, 0.3) is 5.91 Å². The Labute approximate surface area is 166 Å². The number of para-hydroxylation sites is 1. The van der Waals surface area contributed by atoms with E-state index in [2.05, 4.69) is 16.0 Å². The molecule has 0 aliphatic carbocycles. The van der Waals surface area contributed by atoms with Gasteiger partial charge in [-0.15, -0.1) is 0 Å². The van der Waals surface area contributed by atoms with Crippen LogP contribution in [0.15, 0.2) is 48.7 Å². The Morgan fingerprint density at radius 1 is 1.07 bits per heavy atom. The Morgan fingerprint density at radius 2 is 1.89 bits per heavy atom. The van der Waals surface area contributed by atoms with E-state index >= 15 is 0 Å². The van der Waals surface area contributed by atoms with Crippen molar-refractivity contribution in [3.63, 3.8) is 0 Å². The van der Waals surface area contributed by atoms with Crippen LogP contribution in [0.2, 0.25) is 0 Å². The molecule has 1 amide bonds. The van der Waals surface area contributed by atoms with Gasteiger partial charge in [-0.05, 0) is 49.9 Å². The van der Waals surface area contributed by atoms with Crippen molar-refractivity contribution in [2.75, 3.05) is 26.2 Å². The molecule has 1 aromatic carbocycles. The zero-order chi connectivity index (χ0) is 19.2. The lowest BCUT2D eigenvalue weighted by Gasteiger charge is -2.32. The number of pyridine rings is 1. The molecule has 4 rings (SSSR count). The van der Waals surface area contributed by atoms with E-state index in [0.717, 1.165) is 51.0 Å². The summed E-state index contributed by atoms with van der Waals surface area (Å²) in [5.74, 6) is 0.549. The van der Waals surface area contributed by atoms with E-state index < -0.39 is 0 Å². The molecule has 0 N–H and O–H groups in total. The van der Waals surface area contributed by atoms with Crippen molar-refractivity contribution >= 4 is 5.91 Å². The van der Waals surface area contributed by atoms with E-state index in [1.165, 1.54) is 5.06 Å². The van der Waals surface area contributed by atoms with E-state index in [4.69, 9.17) is 9.57 Å². The highest BCUT2D eigenvalue weighted by molar-refractivity contribution is 5.96. The number of amides is 1. The SMILES string of the molecule is O=C(c1ccccc1OC1CCN(Cc2ccccn2)CC1)N1CCCCO1. The third kappa shape index (κ3) is 4.69. The molecule has 1 aromatic heterocycles. The first-order valence-electron chi connectivity index (χ1n) is 10.1. The highest BCUT2D eigenvalue weighted by Crippen LogP contribution is 2.25. The number of aromatic nitrogens is 1. The topological polar surface area (TPSA) is 54.9 Å². The molecule has 2 aliphatic heterocycles. The van der Waals surface area contributed by atoms with Crippen molar-refractivity contribution in [2.24, 2.45) is 0 Å². The maximum Gasteiger partial charge on any atom is 0.281 e. The Morgan fingerprint density at radius 3 is 2.64 bits per heavy atom. The first kappa shape index (κ1) is 18.9. The van der Waals surface area contributed by atoms with Gasteiger partial charge in [0, 0.05) is 32.4 Å². The average molecular weight is 381 g/mol. The van der Waals surface area contributed by atoms with Crippen LogP contribution < -0.4 is 4.74 Å². The summed E-state index contributed by atoms with van der Waals surface area (Å²) >= 11 is 0. The molecule has 6 heteroatoms. The van der Waals surface area contributed by atoms with Crippen molar-refractivity contribution in [2.45, 2.75) is 38.3 Å². The van der Waals surface area contributed by atoms with Crippen molar-refractivity contribution in [3.05, 3.63) is 59.9 Å². The van der Waals surface area contributed by atoms with Crippen molar-refractivity contribution in [1.29, 1.82) is 0 Å². The normalized spacial score (nSPS) is 18.8. The van der Waals surface area contributed by atoms with E-state index in [0.29, 0.717) is 24.5 Å². The van der Waals surface area contributed by atoms with Gasteiger partial charge in [0.05, 0.1) is 17.9 Å². The van der Waals surface area contributed by atoms with Gasteiger partial charge >= 0.3 is 0 Å². The van der Waals surface area contributed by atoms with Crippen LogP contribution in [0.1, 0.15) is 41.7 Å². The molecule has 0 saturated carbocycles. The number of likely N-dealkylation sites (tertiary alicyclic amines) is 1. The van der Waals surface area contributed by atoms with Gasteiger partial charge in [0.1, 0.15) is 11.9 Å². The maximum atomic E-state index is 12.8. The molecular weight excluding hydrogens is 354 g/mol. The monoisotopic (exact) mass is 381 g/mol. The van der Waals surface area contributed by atoms with Crippen molar-refractivity contribution < 1.29 is 14.4 Å². The number of rotatable bonds is 5. The predicted molar refractivity (Wildman–Crippen MR) is 106 cm³/mol. The number of ether oxygens (including phenoxy) is 1. The van der Waals surface area contributed by atoms with E-state index in [1.54, 1.807) is 0 Å². The van der Waals surface area contributed by atoms with Gasteiger partial charge < -0.3 is 4.74 Å². The number of piperidine rings is 1. The van der Waals surface area contributed by atoms with E-state index in [-0.39, 0.29) is 12.0 Å². The summed E-state index contributed by atoms with van der Waals surface area (Å²) < 4.78 is 6.25. The fourth-order valence-corrected chi connectivity index (χ4v) is 3.72. The standard InChI is InChI=1S/C22H27N3O3/c26-22(25-13-5-6-16-27-25)20-8-1-2-9-21(20)28-19-10-14-24(15-11-19)17-18-7-3-4-12-23-18/h1-4,7-9,12,19H,5-6,10-11,13-17H2. The zero-order valence-electron chi connectivity index (χ0n) is 16.1. The first-order chi connectivity index (χ1) is 13.8. The number of nitrogens with zero attached hydrogens (tertiary/aromatic N) is 3. The van der Waals surface area contributed by atoms with E-state index in [1.807, 2.05) is 42.6 Å². The molecule has 6 nitrogen and oxygen atoms in total. The number of benzene rings is 1. The van der Waals surface area contributed by atoms with Crippen LogP contribution in [-0.2, 0) is 11.4 Å². The second-order valence-electron chi connectivity index (χ2n) is 7.36. The molecule has 3 heterocycles. The van der Waals surface area contributed by atoms with E-state index in [9.17, 15) is 4.79 Å². The minimum absolute atomic E-state index is 0.108. The minimum atomic E-state index is -0.108. The molecule has 0 bridgehead atoms. The molecule has 2 fully saturated rings. The van der Waals surface area contributed by atoms with Crippen molar-refractivity contribution in [1.82, 2.24) is 14.9 Å². The zero-order valence-corrected chi connectivity index (χ0v) is 16.1. The predicted octanol–water partition coefficient (Wildman–Crippen LogP) is 3.29. The summed E-state index contributed by atoms with van der Waals surface area (Å²) in [5, 5.41) is 1.47. The minimum Gasteiger partial charge on any atom is -0.489 e. The molecule has 28 heavy (non-hydrogen) atoms. The van der Waals surface area contributed by atoms with Crippen LogP contribution in [0, 0.1) is 0 Å². The Hall–Kier alpha value is -2.44. The van der Waals surface area contributed by atoms with Gasteiger partial charge in [0.15, 0.2) is 0 Å². The molecule has 0 unspecified atom stereocenters. The fourth-order valence-electron chi connectivity index (χ4n) is 3.72. The molecule has 2 saturated heterocycles. The Bertz CT molecular complexity index is 770. The second-order valence-corrected chi connectivity index (χ2v) is 7.36. The highest BCUT2D eigenvalue weighted by Gasteiger charge is 2.25. The lowest BCUT2D eigenvalue weighted by molar-refractivity contribution is -0.144. The quantitative estimate of drug-likeness (QED) is 0.795. The van der Waals surface area contributed by atoms with Gasteiger partial charge in [-0.2, -0.15) is 0 Å². The van der Waals surface area contributed by atoms with Gasteiger partial charge in [-0.25, -0.2) is 5.06 Å². The second kappa shape index (κ2) is 9.17. The fraction of sp³-hybridized carbons (Fsp3) is 0.455. The molecular formula is C22H27N3O3. The van der Waals surface area contributed by atoms with Crippen molar-refractivity contribution in [3.8, 4) is 5.75 Å². The Balaban J connectivity index is 1.34. The summed E-state index contributed by atoms with van der Waals surface area (Å²) in [4.78, 5) is 25.2. The first-order valence-corrected chi connectivity index (χ1v) is 10.1. The third-order valence-corrected chi connectivity index (χ3v) is 5.29. The molecule has 0 radical (unpaired) electrons. The summed E-state index contributed by atoms with van der Waals surface area (Å²) in [6, 6.07) is 13.5. The summed E-state index contributed by atoms with van der Waals surface area (Å²) in [6.45, 7) is 4.04. The van der Waals surface area contributed by atoms with Crippen LogP contribution in [0.25, 0.3) is 0 Å². The van der Waals surface area contributed by atoms with Crippen LogP contribution in [0.4, 0.5) is 0 Å². The molecule has 2 aromatic rings. The third-order valence-electron chi connectivity index (χ3n) is 5.29. The number of carbonyl (C=O) groups is 1. The van der Waals surface area contributed by atoms with Gasteiger partial charge in [0.2, 0.25) is 0 Å². The molecule has 148 valence electrons. The number of hydroxylamine groups is 2. The van der Waals surface area contributed by atoms with Crippen LogP contribution in [0.3, 0.4) is 0 Å². The molecule has 0 spiro atoms. The summed E-state index contributed by atoms with van der Waals surface area (Å²) in [7, 11) is 0. The lowest BCUT2D eigenvalue weighted by atomic mass is 10.1. The average Bonchev–Trinajstić information content (AvgIpc) is 2.76. The summed E-state index contributed by atoms with van der Waals surface area (Å²) in [6.07, 6.45) is 5.81. The lowest BCUT2D eigenvalue weighted by Crippen LogP contribution is -2.39. The number of hydrogen-bond acceptors (Lipinski definition) is 5. The van der Waals surface area contributed by atoms with Gasteiger partial charge in [-0.3, -0.25) is 19.5 Å². The molecule has 2 aliphatic rings. The van der Waals surface area contributed by atoms with Crippen LogP contribution in [0.5, 0.6) is 5.75 Å². The number of hydrogen-bond donors (Lipinski definition) is 0. The van der Waals surface area contributed by atoms with Crippen LogP contribution in [-0.4, -0.2) is 53.2 Å². The largest absolute Gasteiger partial charge is 0.489 e. The Kier molecular flexibility index (Phi) is 6.19. The van der Waals surface area contributed by atoms with Gasteiger partial charge in [-0.1, -0.05) is 18.2 Å². The number of carbonyl (C=O) groups excluding carboxylic acids is 1. The summed E-state index contributed by atoms with van der Waals surface area (Å²) in [5.41, 5.74) is 1.68. The maximum absolute atomic E-state index is 12.8. The van der Waals surface area contributed by atoms with Crippen LogP contribution >= 0.6 is 0 Å². The smallest absolute Gasteiger partial charge is 0.281 e. The highest BCUT2D eigenvalue weighted by atomic mass is 16.7.